The van der Waals surface area contributed by atoms with Gasteiger partial charge in [-0.05, 0) is 102 Å². The number of carboxylic acids is 10. The first-order valence-electron chi connectivity index (χ1n) is 44.8. The van der Waals surface area contributed by atoms with E-state index in [1.807, 2.05) is 0 Å². The number of nitrogens with two attached hydrogens (primary N) is 4. The second-order valence-corrected chi connectivity index (χ2v) is 31.4. The number of carbonyl (C=O) groups is 22. The average molecular weight is 2830 g/mol. The first kappa shape index (κ1) is 164. The van der Waals surface area contributed by atoms with Crippen molar-refractivity contribution in [1.29, 1.82) is 0 Å². The number of unbranched alkanes of at least 4 members (excludes halogenated alkanes) is 16. The summed E-state index contributed by atoms with van der Waals surface area (Å²) < 4.78 is 0. The van der Waals surface area contributed by atoms with Crippen LogP contribution >= 0.6 is 0 Å². The molecule has 0 saturated heterocycles. The predicted molar refractivity (Wildman–Crippen MR) is 518 cm³/mol. The van der Waals surface area contributed by atoms with Crippen molar-refractivity contribution in [3.63, 3.8) is 0 Å². The Hall–Kier alpha value is -11.0. The van der Waals surface area contributed by atoms with E-state index in [1.54, 1.807) is 30.3 Å². The van der Waals surface area contributed by atoms with Crippen molar-refractivity contribution < 1.29 is 271 Å². The molecule has 30 N–H and O–H groups in total. The van der Waals surface area contributed by atoms with E-state index >= 15 is 0 Å². The summed E-state index contributed by atoms with van der Waals surface area (Å²) in [6.07, 6.45) is 36.4. The van der Waals surface area contributed by atoms with Gasteiger partial charge in [-0.3, -0.25) is 91.5 Å². The Bertz CT molecular complexity index is 3620. The van der Waals surface area contributed by atoms with Gasteiger partial charge in [-0.25, -0.2) is 33.6 Å². The Kier molecular flexibility index (Phi) is 112. The number of aromatic carboxylic acids is 1. The summed E-state index contributed by atoms with van der Waals surface area (Å²) in [6, 6.07) is 8.58. The molecule has 52 nitrogen and oxygen atoms in total. The molecule has 0 aromatic heterocycles. The number of carbonyl (C=O) groups excluding carboxylic acids is 8. The quantitative estimate of drug-likeness (QED) is 0.0126. The molecular formula is C91H148N14O38Pt4. The molecule has 1 aromatic rings. The average Bonchev–Trinajstić information content (AvgIpc) is 1.15. The van der Waals surface area contributed by atoms with Gasteiger partial charge in [-0.2, -0.15) is 23.9 Å². The molecule has 4 heterocycles. The predicted octanol–water partition coefficient (Wildman–Crippen LogP) is 12.7. The number of nitrogens with zero attached hydrogens (tertiary/aromatic N) is 4. The number of aliphatic hydroxyl groups excluding tert-OH is 2. The molecule has 850 valence electrons. The SMILES string of the molecule is CC(=O)O.CC(=O)O.CC(=O)O.O=C(O)C1(C(=O)O)CCC1.O=C(O)C1(C(=O)O)CCC1.O=C(O)CO.O=C(O)CO.O=C(O)NCCCCCCCN1C(=O)C=CC1=O.O=C(O)NCCCCCCCN1C(=O)C=CC1=O.O=C(O)NCCCCCCCN1C(=O)C=CC1=O.O=C(O)NCCCCCCCN1C(=O)C=CC1=O.O=C(O)c1ccccc1.[CH2-][C@@H]1CCCC[C@H]1[NH-].[CH2-][C@@H]1CCCC[C@H]1[NH-].[NH2-].[NH2-].[NH2-].[NH2-].[Pt+2].[Pt+2].[Pt+2].[Pt+2]. The Morgan fingerprint density at radius 2 is 0.476 bits per heavy atom. The second-order valence-electron chi connectivity index (χ2n) is 31.4. The maximum absolute atomic E-state index is 11.2. The molecule has 0 radical (unpaired) electrons. The third kappa shape index (κ3) is 89.8. The molecule has 147 heavy (non-hydrogen) atoms. The summed E-state index contributed by atoms with van der Waals surface area (Å²) in [5, 5.41) is 137. The summed E-state index contributed by atoms with van der Waals surface area (Å²) in [5.41, 5.74) is 12.3. The largest absolute Gasteiger partial charge is 2.00 e. The standard InChI is InChI=1S/4C12H18N2O4.2C7H13N.C7H6O2.2C6H8O4.2C2H4O3.3C2H4O2.4H2N.4Pt/c4*15-10-6-7-11(16)14(10)9-5-3-1-2-4-8-13-12(17)18;2*1-6-4-2-3-5-7(6)8;8-7(9)6-4-2-1-3-5-6;2*7-4(8)6(5(9)10)2-1-3-6;2*3-1-2(4)5;3*1-2(3)4;;;;;;;;/h4*6-7,13H,1-5,8-9H2,(H,17,18);2*6-8H,1-5H2;1-5H,(H,8,9);2*1-3H2,(H,7,8)(H,9,10);2*3H,1H2,(H,4,5);3*1H3,(H,3,4);4*1H2;;;;/q;;;;2*-2;;;;;;;;;4*-1;4*+2/t;;;;2*6-,7-;;;;;;;;;;;;;;;;/m....11................/s1. The van der Waals surface area contributed by atoms with Crippen molar-refractivity contribution in [2.75, 3.05) is 65.6 Å². The second kappa shape index (κ2) is 101. The molecule has 4 aliphatic carbocycles. The van der Waals surface area contributed by atoms with Crippen LogP contribution in [-0.4, -0.2) is 310 Å². The van der Waals surface area contributed by atoms with Crippen molar-refractivity contribution in [1.82, 2.24) is 40.9 Å². The van der Waals surface area contributed by atoms with Gasteiger partial charge >= 0.3 is 150 Å². The number of benzene rings is 1. The molecule has 12 amide bonds. The van der Waals surface area contributed by atoms with Gasteiger partial charge in [0.15, 0.2) is 10.8 Å². The number of hydrogen-bond acceptors (Lipinski definition) is 24. The minimum atomic E-state index is -1.44. The van der Waals surface area contributed by atoms with Crippen LogP contribution in [0.25, 0.3) is 36.1 Å². The number of rotatable bonds is 39. The first-order valence-corrected chi connectivity index (χ1v) is 44.8. The Labute approximate surface area is 911 Å². The number of nitrogens with one attached hydrogen (secondary N) is 6. The van der Waals surface area contributed by atoms with E-state index in [4.69, 9.17) is 117 Å². The van der Waals surface area contributed by atoms with Crippen molar-refractivity contribution in [2.24, 2.45) is 22.7 Å². The summed E-state index contributed by atoms with van der Waals surface area (Å²) in [4.78, 5) is 232. The van der Waals surface area contributed by atoms with Gasteiger partial charge in [-0.15, -0.1) is 0 Å². The van der Waals surface area contributed by atoms with E-state index in [-0.39, 0.29) is 194 Å². The van der Waals surface area contributed by atoms with Crippen LogP contribution in [0.3, 0.4) is 0 Å². The molecule has 0 unspecified atom stereocenters. The zero-order valence-electron chi connectivity index (χ0n) is 82.3. The number of amides is 12. The maximum Gasteiger partial charge on any atom is 2.00 e. The van der Waals surface area contributed by atoms with Gasteiger partial charge in [0, 0.05) is 122 Å². The third-order valence-corrected chi connectivity index (χ3v) is 20.1. The van der Waals surface area contributed by atoms with Crippen LogP contribution in [0, 0.1) is 36.5 Å². The summed E-state index contributed by atoms with van der Waals surface area (Å²) >= 11 is 0. The Morgan fingerprint density at radius 3 is 0.592 bits per heavy atom. The smallest absolute Gasteiger partial charge is 0.693 e. The molecule has 0 spiro atoms. The fraction of sp³-hybridized carbons (Fsp3) is 0.582. The number of hydrogen-bond donors (Lipinski definition) is 20. The van der Waals surface area contributed by atoms with E-state index in [0.717, 1.165) is 162 Å². The molecule has 4 aliphatic heterocycles. The molecule has 1 aromatic carbocycles. The molecule has 9 rings (SSSR count). The fourth-order valence-electron chi connectivity index (χ4n) is 12.2. The number of aliphatic carboxylic acids is 9. The van der Waals surface area contributed by atoms with Crippen LogP contribution in [0.1, 0.15) is 249 Å². The number of carboxylic acid groups (broad SMARTS) is 14. The molecule has 56 heteroatoms. The molecule has 4 fully saturated rings. The maximum atomic E-state index is 11.2. The Balaban J connectivity index is -0.000000122. The van der Waals surface area contributed by atoms with Crippen LogP contribution < -0.4 is 21.3 Å². The first-order chi connectivity index (χ1) is 65.3. The third-order valence-electron chi connectivity index (χ3n) is 20.1. The molecule has 0 bridgehead atoms. The van der Waals surface area contributed by atoms with Crippen molar-refractivity contribution >= 4 is 131 Å². The molecule has 4 saturated carbocycles. The van der Waals surface area contributed by atoms with Gasteiger partial charge in [0.25, 0.3) is 65.2 Å². The number of aliphatic hydroxyl groups is 2. The van der Waals surface area contributed by atoms with E-state index in [1.165, 1.54) is 107 Å². The van der Waals surface area contributed by atoms with E-state index in [9.17, 15) is 81.5 Å². The van der Waals surface area contributed by atoms with Crippen LogP contribution in [-0.2, 0) is 166 Å². The fourth-order valence-corrected chi connectivity index (χ4v) is 12.2. The van der Waals surface area contributed by atoms with Gasteiger partial charge < -0.3 is 153 Å². The number of imide groups is 4. The van der Waals surface area contributed by atoms with E-state index in [2.05, 4.69) is 35.1 Å². The summed E-state index contributed by atoms with van der Waals surface area (Å²) in [7, 11) is 0. The minimum absolute atomic E-state index is 0. The molecule has 4 atom stereocenters. The molecule has 8 aliphatic rings. The van der Waals surface area contributed by atoms with Crippen LogP contribution in [0.2, 0.25) is 0 Å². The van der Waals surface area contributed by atoms with Gasteiger partial charge in [0.1, 0.15) is 13.2 Å². The molecular weight excluding hydrogens is 2680 g/mol. The van der Waals surface area contributed by atoms with Crippen molar-refractivity contribution in [2.45, 2.75) is 251 Å². The van der Waals surface area contributed by atoms with Crippen molar-refractivity contribution in [3.8, 4) is 0 Å². The topological polar surface area (TPSA) is 942 Å². The minimum Gasteiger partial charge on any atom is -0.693 e. The van der Waals surface area contributed by atoms with Gasteiger partial charge in [0.2, 0.25) is 0 Å². The Morgan fingerprint density at radius 1 is 0.306 bits per heavy atom. The van der Waals surface area contributed by atoms with Crippen molar-refractivity contribution in [3.05, 3.63) is 134 Å². The van der Waals surface area contributed by atoms with E-state index in [0.29, 0.717) is 82.6 Å². The zero-order chi connectivity index (χ0) is 107. The normalized spacial score (nSPS) is 15.8. The van der Waals surface area contributed by atoms with Crippen LogP contribution in [0.5, 0.6) is 0 Å². The monoisotopic (exact) mass is 2820 g/mol. The van der Waals surface area contributed by atoms with E-state index < -0.39 is 108 Å². The summed E-state index contributed by atoms with van der Waals surface area (Å²) in [5.74, 6) is -11.6. The van der Waals surface area contributed by atoms with Gasteiger partial charge in [0.05, 0.1) is 5.56 Å². The summed E-state index contributed by atoms with van der Waals surface area (Å²) in [6.45, 7) is 13.3. The zero-order valence-corrected chi connectivity index (χ0v) is 91.4. The van der Waals surface area contributed by atoms with Crippen LogP contribution in [0.4, 0.5) is 19.2 Å². The van der Waals surface area contributed by atoms with Gasteiger partial charge in [-0.1, -0.05) is 147 Å². The van der Waals surface area contributed by atoms with Crippen LogP contribution in [0.15, 0.2) is 78.9 Å².